The summed E-state index contributed by atoms with van der Waals surface area (Å²) >= 11 is 0. The van der Waals surface area contributed by atoms with Crippen LogP contribution in [0, 0.1) is 11.8 Å². The number of nitrogens with zero attached hydrogens (tertiary/aromatic N) is 2. The highest BCUT2D eigenvalue weighted by Crippen LogP contribution is 2.30. The molecular formula is C42H54N4O9. The lowest BCUT2D eigenvalue weighted by molar-refractivity contribution is -0.139. The molecule has 13 heteroatoms. The maximum atomic E-state index is 14.4. The number of rotatable bonds is 20. The average molecular weight is 759 g/mol. The first-order valence-electron chi connectivity index (χ1n) is 19.3. The summed E-state index contributed by atoms with van der Waals surface area (Å²) in [7, 11) is 0. The van der Waals surface area contributed by atoms with E-state index in [2.05, 4.69) is 22.2 Å². The number of oxazole rings is 1. The molecule has 2 N–H and O–H groups in total. The first kappa shape index (κ1) is 41.1. The number of benzene rings is 2. The molecule has 5 rings (SSSR count). The van der Waals surface area contributed by atoms with Gasteiger partial charge in [-0.1, -0.05) is 55.0 Å². The summed E-state index contributed by atoms with van der Waals surface area (Å²) in [4.78, 5) is 73.7. The molecule has 3 aromatic rings. The molecular weight excluding hydrogens is 704 g/mol. The highest BCUT2D eigenvalue weighted by molar-refractivity contribution is 6.00. The molecule has 0 radical (unpaired) electrons. The van der Waals surface area contributed by atoms with Crippen molar-refractivity contribution in [1.82, 2.24) is 20.5 Å². The molecule has 55 heavy (non-hydrogen) atoms. The summed E-state index contributed by atoms with van der Waals surface area (Å²) in [5.41, 5.74) is 1.34. The van der Waals surface area contributed by atoms with Gasteiger partial charge >= 0.3 is 12.2 Å². The van der Waals surface area contributed by atoms with E-state index in [1.165, 1.54) is 4.90 Å². The van der Waals surface area contributed by atoms with Crippen molar-refractivity contribution in [3.05, 3.63) is 78.7 Å². The number of ether oxygens (including phenoxy) is 3. The van der Waals surface area contributed by atoms with Gasteiger partial charge in [-0.15, -0.1) is 6.58 Å². The van der Waals surface area contributed by atoms with E-state index in [1.807, 2.05) is 30.3 Å². The second-order valence-corrected chi connectivity index (χ2v) is 15.4. The number of alkyl carbamates (subject to hydrolysis) is 2. The van der Waals surface area contributed by atoms with Gasteiger partial charge < -0.3 is 34.2 Å². The minimum Gasteiger partial charge on any atom is -0.449 e. The van der Waals surface area contributed by atoms with Crippen LogP contribution in [0.15, 0.2) is 71.7 Å². The predicted molar refractivity (Wildman–Crippen MR) is 205 cm³/mol. The Kier molecular flexibility index (Phi) is 14.6. The van der Waals surface area contributed by atoms with Crippen molar-refractivity contribution >= 4 is 40.8 Å². The maximum absolute atomic E-state index is 14.4. The van der Waals surface area contributed by atoms with Crippen LogP contribution in [0.4, 0.5) is 9.59 Å². The number of ketones is 2. The first-order chi connectivity index (χ1) is 26.4. The van der Waals surface area contributed by atoms with Crippen LogP contribution in [0.3, 0.4) is 0 Å². The van der Waals surface area contributed by atoms with E-state index in [1.54, 1.807) is 51.1 Å². The third-order valence-corrected chi connectivity index (χ3v) is 9.64. The van der Waals surface area contributed by atoms with Crippen molar-refractivity contribution in [2.45, 2.75) is 102 Å². The number of aryl methyl sites for hydroxylation is 1. The van der Waals surface area contributed by atoms with E-state index in [9.17, 15) is 24.0 Å². The minimum absolute atomic E-state index is 0.0905. The Morgan fingerprint density at radius 3 is 2.45 bits per heavy atom. The van der Waals surface area contributed by atoms with Crippen LogP contribution in [0.5, 0.6) is 0 Å². The van der Waals surface area contributed by atoms with Crippen LogP contribution in [0.25, 0.3) is 11.1 Å². The Morgan fingerprint density at radius 1 is 1.00 bits per heavy atom. The molecule has 296 valence electrons. The Bertz CT molecular complexity index is 1750. The number of hydrogen-bond donors (Lipinski definition) is 2. The van der Waals surface area contributed by atoms with Crippen LogP contribution < -0.4 is 10.6 Å². The molecule has 2 heterocycles. The number of Topliss-reactive ketones (excluding diaryl/α,β-unsaturated/α-hetero) is 2. The van der Waals surface area contributed by atoms with E-state index in [-0.39, 0.29) is 44.1 Å². The Labute approximate surface area is 322 Å². The molecule has 1 saturated heterocycles. The van der Waals surface area contributed by atoms with Crippen molar-refractivity contribution < 1.29 is 42.6 Å². The number of hydrogen-bond acceptors (Lipinski definition) is 10. The summed E-state index contributed by atoms with van der Waals surface area (Å²) in [6.07, 6.45) is 4.13. The fourth-order valence-electron chi connectivity index (χ4n) is 6.62. The molecule has 3 amide bonds. The number of para-hydroxylation sites is 2. The van der Waals surface area contributed by atoms with E-state index < -0.39 is 53.6 Å². The molecule has 1 aromatic heterocycles. The lowest BCUT2D eigenvalue weighted by Crippen LogP contribution is -2.52. The molecule has 2 aliphatic rings. The van der Waals surface area contributed by atoms with E-state index in [4.69, 9.17) is 18.6 Å². The second kappa shape index (κ2) is 19.5. The fraction of sp³-hybridized carbons (Fsp3) is 0.524. The second-order valence-electron chi connectivity index (χ2n) is 15.4. The van der Waals surface area contributed by atoms with Crippen molar-refractivity contribution in [2.75, 3.05) is 26.3 Å². The van der Waals surface area contributed by atoms with Gasteiger partial charge in [-0.05, 0) is 82.9 Å². The van der Waals surface area contributed by atoms with Gasteiger partial charge in [0.25, 0.3) is 5.89 Å². The van der Waals surface area contributed by atoms with Gasteiger partial charge in [0.2, 0.25) is 11.7 Å². The molecule has 13 nitrogen and oxygen atoms in total. The third-order valence-electron chi connectivity index (χ3n) is 9.64. The van der Waals surface area contributed by atoms with Crippen molar-refractivity contribution in [2.24, 2.45) is 11.8 Å². The quantitative estimate of drug-likeness (QED) is 0.0729. The molecule has 1 aliphatic heterocycles. The lowest BCUT2D eigenvalue weighted by atomic mass is 9.89. The molecule has 0 bridgehead atoms. The normalized spacial score (nSPS) is 18.0. The first-order valence-corrected chi connectivity index (χ1v) is 19.3. The monoisotopic (exact) mass is 758 g/mol. The maximum Gasteiger partial charge on any atom is 0.407 e. The van der Waals surface area contributed by atoms with E-state index >= 15 is 0 Å². The Hall–Kier alpha value is -5.04. The number of unbranched alkanes of at least 4 members (excludes halogenated alkanes) is 1. The minimum atomic E-state index is -0.963. The largest absolute Gasteiger partial charge is 0.449 e. The van der Waals surface area contributed by atoms with E-state index in [0.29, 0.717) is 55.9 Å². The van der Waals surface area contributed by atoms with Gasteiger partial charge in [-0.2, -0.15) is 0 Å². The van der Waals surface area contributed by atoms with Gasteiger partial charge in [0, 0.05) is 31.8 Å². The standard InChI is InChI=1S/C42H54N4O9/c1-5-23-52-31-25-34(46(26-31)39(49)33(21-20-28-13-7-6-8-14-28)45-41(51)53-27-29-18-19-29)35(47)24-30(15-11-12-22-43-40(50)55-42(2,3)4)37(48)38-44-32-16-9-10-17-36(32)54-38/h5-10,13-14,16-17,29-31,33-34H,1,11-12,15,18-27H2,2-4H3,(H,43,50)(H,45,51)/t30-,31-,33-,34+/m1/s1. The van der Waals surface area contributed by atoms with Crippen LogP contribution in [0.1, 0.15) is 88.4 Å². The van der Waals surface area contributed by atoms with Gasteiger partial charge in [0.05, 0.1) is 25.4 Å². The Morgan fingerprint density at radius 2 is 1.75 bits per heavy atom. The number of likely N-dealkylation sites (tertiary alicyclic amines) is 1. The number of nitrogens with one attached hydrogen (secondary N) is 2. The van der Waals surface area contributed by atoms with E-state index in [0.717, 1.165) is 18.4 Å². The highest BCUT2D eigenvalue weighted by Gasteiger charge is 2.43. The van der Waals surface area contributed by atoms with Gasteiger partial charge in [-0.3, -0.25) is 14.4 Å². The smallest absolute Gasteiger partial charge is 0.407 e. The number of fused-ring (bicyclic) bond motifs is 1. The van der Waals surface area contributed by atoms with Crippen LogP contribution in [-0.2, 0) is 30.2 Å². The number of carbonyl (C=O) groups excluding carboxylic acids is 5. The zero-order valence-electron chi connectivity index (χ0n) is 32.1. The van der Waals surface area contributed by atoms with Crippen LogP contribution in [-0.4, -0.2) is 89.6 Å². The topological polar surface area (TPSA) is 166 Å². The summed E-state index contributed by atoms with van der Waals surface area (Å²) in [5.74, 6) is -1.70. The van der Waals surface area contributed by atoms with Gasteiger partial charge in [-0.25, -0.2) is 14.6 Å². The summed E-state index contributed by atoms with van der Waals surface area (Å²) in [5, 5.41) is 5.51. The summed E-state index contributed by atoms with van der Waals surface area (Å²) in [6.45, 7) is 10.0. The zero-order chi connectivity index (χ0) is 39.4. The SMILES string of the molecule is C=CCO[C@@H]1C[C@@H](C(=O)C[C@@H](CCCCNC(=O)OC(C)(C)C)C(=O)c2nc3ccccc3o2)N(C(=O)[C@@H](CCc2ccccc2)NC(=O)OCC2CC2)C1. The molecule has 2 fully saturated rings. The number of aromatic nitrogens is 1. The van der Waals surface area contributed by atoms with Crippen LogP contribution >= 0.6 is 0 Å². The molecule has 2 aromatic carbocycles. The molecule has 1 saturated carbocycles. The third kappa shape index (κ3) is 12.8. The van der Waals surface area contributed by atoms with Crippen molar-refractivity contribution in [3.63, 3.8) is 0 Å². The molecule has 0 unspecified atom stereocenters. The van der Waals surface area contributed by atoms with Crippen LogP contribution in [0.2, 0.25) is 0 Å². The predicted octanol–water partition coefficient (Wildman–Crippen LogP) is 6.59. The number of amides is 3. The summed E-state index contributed by atoms with van der Waals surface area (Å²) in [6, 6.07) is 14.8. The van der Waals surface area contributed by atoms with Gasteiger partial charge in [0.15, 0.2) is 11.4 Å². The molecule has 1 aliphatic carbocycles. The average Bonchev–Trinajstić information content (AvgIpc) is 3.73. The highest BCUT2D eigenvalue weighted by atomic mass is 16.6. The summed E-state index contributed by atoms with van der Waals surface area (Å²) < 4.78 is 22.5. The van der Waals surface area contributed by atoms with Crippen molar-refractivity contribution in [3.8, 4) is 0 Å². The molecule has 0 spiro atoms. The zero-order valence-corrected chi connectivity index (χ0v) is 32.1. The fourth-order valence-corrected chi connectivity index (χ4v) is 6.62. The van der Waals surface area contributed by atoms with Gasteiger partial charge in [0.1, 0.15) is 17.2 Å². The lowest BCUT2D eigenvalue weighted by Gasteiger charge is -2.29. The van der Waals surface area contributed by atoms with Crippen molar-refractivity contribution in [1.29, 1.82) is 0 Å². The number of carbonyl (C=O) groups is 5. The Balaban J connectivity index is 1.32. The molecule has 4 atom stereocenters.